The van der Waals surface area contributed by atoms with E-state index in [1.165, 1.54) is 14.0 Å². The Morgan fingerprint density at radius 2 is 2.00 bits per heavy atom. The average molecular weight is 281 g/mol. The summed E-state index contributed by atoms with van der Waals surface area (Å²) in [6.07, 6.45) is 0. The molecule has 0 saturated heterocycles. The van der Waals surface area contributed by atoms with Crippen molar-refractivity contribution in [2.24, 2.45) is 7.05 Å². The number of aromatic nitrogens is 2. The number of aryl methyl sites for hydroxylation is 2. The van der Waals surface area contributed by atoms with Crippen LogP contribution in [-0.2, 0) is 16.6 Å². The summed E-state index contributed by atoms with van der Waals surface area (Å²) in [6.45, 7) is 6.77. The predicted molar refractivity (Wildman–Crippen MR) is 72.5 cm³/mol. The molecule has 0 aliphatic rings. The zero-order valence-electron chi connectivity index (χ0n) is 12.3. The van der Waals surface area contributed by atoms with Gasteiger partial charge in [-0.15, -0.1) is 0 Å². The van der Waals surface area contributed by atoms with Crippen molar-refractivity contribution in [2.75, 3.05) is 6.61 Å². The lowest BCUT2D eigenvalue weighted by Gasteiger charge is -2.14. The first kappa shape index (κ1) is 15.9. The van der Waals surface area contributed by atoms with Gasteiger partial charge in [0.2, 0.25) is 0 Å². The molecule has 0 aromatic carbocycles. The molecule has 1 atom stereocenters. The van der Waals surface area contributed by atoms with Gasteiger partial charge in [0, 0.05) is 7.05 Å². The highest BCUT2D eigenvalue weighted by Gasteiger charge is 2.22. The fourth-order valence-corrected chi connectivity index (χ4v) is 1.71. The number of hydrogen-bond donors (Lipinski definition) is 1. The second-order valence-corrected chi connectivity index (χ2v) is 4.46. The Bertz CT molecular complexity index is 592. The number of amides is 1. The molecule has 7 heteroatoms. The zero-order valence-corrected chi connectivity index (χ0v) is 12.3. The molecule has 0 saturated carbocycles. The molecule has 1 aromatic heterocycles. The van der Waals surface area contributed by atoms with Crippen molar-refractivity contribution in [2.45, 2.75) is 33.7 Å². The van der Waals surface area contributed by atoms with Gasteiger partial charge >= 0.3 is 5.97 Å². The van der Waals surface area contributed by atoms with Gasteiger partial charge in [0.15, 0.2) is 0 Å². The second-order valence-electron chi connectivity index (χ2n) is 4.46. The fourth-order valence-electron chi connectivity index (χ4n) is 1.71. The summed E-state index contributed by atoms with van der Waals surface area (Å²) in [5.74, 6) is -1.14. The van der Waals surface area contributed by atoms with E-state index in [0.717, 1.165) is 4.68 Å². The first-order chi connectivity index (χ1) is 9.29. The van der Waals surface area contributed by atoms with Crippen LogP contribution in [0.2, 0.25) is 0 Å². The normalized spacial score (nSPS) is 11.8. The van der Waals surface area contributed by atoms with Gasteiger partial charge in [0.1, 0.15) is 11.6 Å². The second kappa shape index (κ2) is 6.31. The Morgan fingerprint density at radius 3 is 2.55 bits per heavy atom. The fraction of sp³-hybridized carbons (Fsp3) is 0.538. The number of esters is 1. The maximum atomic E-state index is 12.1. The first-order valence-electron chi connectivity index (χ1n) is 6.31. The number of hydrogen-bond acceptors (Lipinski definition) is 5. The third-order valence-electron chi connectivity index (χ3n) is 2.94. The molecule has 0 bridgehead atoms. The lowest BCUT2D eigenvalue weighted by molar-refractivity contribution is -0.144. The van der Waals surface area contributed by atoms with Gasteiger partial charge in [-0.05, 0) is 33.3 Å². The van der Waals surface area contributed by atoms with Crippen molar-refractivity contribution in [1.82, 2.24) is 15.1 Å². The number of rotatable bonds is 4. The molecule has 0 aliphatic carbocycles. The number of carbonyl (C=O) groups excluding carboxylic acids is 2. The molecule has 7 nitrogen and oxygen atoms in total. The molecule has 1 aromatic rings. The molecular formula is C13H19N3O4. The van der Waals surface area contributed by atoms with Crippen LogP contribution in [-0.4, -0.2) is 34.3 Å². The summed E-state index contributed by atoms with van der Waals surface area (Å²) < 4.78 is 5.90. The highest BCUT2D eigenvalue weighted by atomic mass is 16.5. The molecule has 1 unspecified atom stereocenters. The van der Waals surface area contributed by atoms with Crippen LogP contribution < -0.4 is 10.9 Å². The quantitative estimate of drug-likeness (QED) is 0.789. The van der Waals surface area contributed by atoms with Crippen molar-refractivity contribution in [3.8, 4) is 0 Å². The predicted octanol–water partition coefficient (Wildman–Crippen LogP) is 0.0785. The van der Waals surface area contributed by atoms with E-state index in [-0.39, 0.29) is 12.2 Å². The monoisotopic (exact) mass is 281 g/mol. The molecule has 0 radical (unpaired) electrons. The zero-order chi connectivity index (χ0) is 15.4. The van der Waals surface area contributed by atoms with E-state index in [4.69, 9.17) is 4.74 Å². The molecule has 0 spiro atoms. The summed E-state index contributed by atoms with van der Waals surface area (Å²) in [6, 6.07) is -0.819. The molecule has 20 heavy (non-hydrogen) atoms. The topological polar surface area (TPSA) is 90.3 Å². The molecule has 1 amide bonds. The van der Waals surface area contributed by atoms with E-state index >= 15 is 0 Å². The lowest BCUT2D eigenvalue weighted by Crippen LogP contribution is -2.43. The highest BCUT2D eigenvalue weighted by molar-refractivity contribution is 5.97. The lowest BCUT2D eigenvalue weighted by atomic mass is 10.1. The van der Waals surface area contributed by atoms with E-state index in [1.54, 1.807) is 20.8 Å². The van der Waals surface area contributed by atoms with Gasteiger partial charge < -0.3 is 10.1 Å². The number of carbonyl (C=O) groups is 2. The maximum absolute atomic E-state index is 12.1. The van der Waals surface area contributed by atoms with Crippen molar-refractivity contribution < 1.29 is 14.3 Å². The number of ether oxygens (including phenoxy) is 1. The first-order valence-corrected chi connectivity index (χ1v) is 6.31. The van der Waals surface area contributed by atoms with Gasteiger partial charge in [-0.25, -0.2) is 9.48 Å². The Hall–Kier alpha value is -2.18. The Balaban J connectivity index is 3.05. The Labute approximate surface area is 116 Å². The molecule has 110 valence electrons. The summed E-state index contributed by atoms with van der Waals surface area (Å²) >= 11 is 0. The van der Waals surface area contributed by atoms with E-state index in [2.05, 4.69) is 10.4 Å². The highest BCUT2D eigenvalue weighted by Crippen LogP contribution is 2.06. The van der Waals surface area contributed by atoms with Crippen LogP contribution in [0.15, 0.2) is 4.79 Å². The van der Waals surface area contributed by atoms with Crippen LogP contribution in [0.1, 0.15) is 35.5 Å². The minimum atomic E-state index is -0.819. The molecule has 0 fully saturated rings. The molecule has 1 rings (SSSR count). The average Bonchev–Trinajstić information content (AvgIpc) is 2.37. The Morgan fingerprint density at radius 1 is 1.40 bits per heavy atom. The van der Waals surface area contributed by atoms with Crippen LogP contribution in [0, 0.1) is 13.8 Å². The smallest absolute Gasteiger partial charge is 0.328 e. The van der Waals surface area contributed by atoms with E-state index < -0.39 is 23.5 Å². The molecular weight excluding hydrogens is 262 g/mol. The van der Waals surface area contributed by atoms with Crippen LogP contribution in [0.4, 0.5) is 0 Å². The third kappa shape index (κ3) is 3.23. The van der Waals surface area contributed by atoms with Gasteiger partial charge in [-0.1, -0.05) is 0 Å². The van der Waals surface area contributed by atoms with Gasteiger partial charge in [-0.2, -0.15) is 5.10 Å². The van der Waals surface area contributed by atoms with Crippen LogP contribution in [0.5, 0.6) is 0 Å². The van der Waals surface area contributed by atoms with E-state index in [9.17, 15) is 14.4 Å². The van der Waals surface area contributed by atoms with Crippen molar-refractivity contribution in [3.63, 3.8) is 0 Å². The summed E-state index contributed by atoms with van der Waals surface area (Å²) in [5.41, 5.74) is 0.584. The number of nitrogens with zero attached hydrogens (tertiary/aromatic N) is 2. The molecule has 1 heterocycles. The Kier molecular flexibility index (Phi) is 5.01. The van der Waals surface area contributed by atoms with Crippen molar-refractivity contribution in [3.05, 3.63) is 27.2 Å². The third-order valence-corrected chi connectivity index (χ3v) is 2.94. The summed E-state index contributed by atoms with van der Waals surface area (Å²) in [4.78, 5) is 35.6. The maximum Gasteiger partial charge on any atom is 0.328 e. The van der Waals surface area contributed by atoms with Gasteiger partial charge in [0.05, 0.1) is 12.3 Å². The minimum absolute atomic E-state index is 0.00357. The van der Waals surface area contributed by atoms with Crippen molar-refractivity contribution >= 4 is 11.9 Å². The standard InChI is InChI=1S/C13H19N3O4/c1-6-20-13(19)9(4)14-11(17)10-7(2)8(3)15-16(5)12(10)18/h9H,6H2,1-5H3,(H,14,17). The molecule has 1 N–H and O–H groups in total. The van der Waals surface area contributed by atoms with Gasteiger partial charge in [0.25, 0.3) is 11.5 Å². The van der Waals surface area contributed by atoms with E-state index in [1.807, 2.05) is 0 Å². The van der Waals surface area contributed by atoms with Crippen LogP contribution in [0.3, 0.4) is 0 Å². The van der Waals surface area contributed by atoms with Gasteiger partial charge in [-0.3, -0.25) is 9.59 Å². The minimum Gasteiger partial charge on any atom is -0.464 e. The summed E-state index contributed by atoms with van der Waals surface area (Å²) in [7, 11) is 1.47. The molecule has 0 aliphatic heterocycles. The SMILES string of the molecule is CCOC(=O)C(C)NC(=O)c1c(C)c(C)nn(C)c1=O. The van der Waals surface area contributed by atoms with Crippen LogP contribution >= 0.6 is 0 Å². The van der Waals surface area contributed by atoms with Crippen molar-refractivity contribution in [1.29, 1.82) is 0 Å². The number of nitrogens with one attached hydrogen (secondary N) is 1. The summed E-state index contributed by atoms with van der Waals surface area (Å²) in [5, 5.41) is 6.45. The largest absolute Gasteiger partial charge is 0.464 e. The van der Waals surface area contributed by atoms with E-state index in [0.29, 0.717) is 11.3 Å². The van der Waals surface area contributed by atoms with Crippen LogP contribution in [0.25, 0.3) is 0 Å².